The van der Waals surface area contributed by atoms with Crippen molar-refractivity contribution < 1.29 is 45.2 Å². The predicted molar refractivity (Wildman–Crippen MR) is 149 cm³/mol. The van der Waals surface area contributed by atoms with E-state index in [9.17, 15) is 40.8 Å². The number of benzene rings is 3. The summed E-state index contributed by atoms with van der Waals surface area (Å²) in [6, 6.07) is 10.9. The van der Waals surface area contributed by atoms with Crippen LogP contribution >= 0.6 is 0 Å². The summed E-state index contributed by atoms with van der Waals surface area (Å²) in [6.45, 7) is -0.714. The molecular formula is C28H25BF4N2O6S. The smallest absolute Gasteiger partial charge is 0.455 e. The van der Waals surface area contributed by atoms with Gasteiger partial charge in [0.1, 0.15) is 17.2 Å². The molecule has 1 aliphatic carbocycles. The quantitative estimate of drug-likeness (QED) is 0.206. The second-order valence-electron chi connectivity index (χ2n) is 10.1. The van der Waals surface area contributed by atoms with Crippen molar-refractivity contribution in [1.29, 1.82) is 0 Å². The molecule has 1 amide bonds. The highest BCUT2D eigenvalue weighted by Gasteiger charge is 2.37. The lowest BCUT2D eigenvalue weighted by Gasteiger charge is -2.27. The van der Waals surface area contributed by atoms with Crippen LogP contribution in [0.25, 0.3) is 22.3 Å². The Morgan fingerprint density at radius 1 is 1.10 bits per heavy atom. The summed E-state index contributed by atoms with van der Waals surface area (Å²) in [5.74, 6) is -0.988. The number of sulfonamides is 1. The van der Waals surface area contributed by atoms with Crippen LogP contribution in [0, 0.1) is 5.82 Å². The number of anilines is 1. The highest BCUT2D eigenvalue weighted by Crippen LogP contribution is 2.48. The fourth-order valence-corrected chi connectivity index (χ4v) is 5.82. The number of alkyl halides is 3. The van der Waals surface area contributed by atoms with Crippen LogP contribution in [-0.2, 0) is 22.7 Å². The van der Waals surface area contributed by atoms with Crippen LogP contribution in [0.3, 0.4) is 0 Å². The van der Waals surface area contributed by atoms with Gasteiger partial charge >= 0.3 is 13.3 Å². The number of hydrogen-bond donors (Lipinski definition) is 3. The van der Waals surface area contributed by atoms with Gasteiger partial charge in [-0.05, 0) is 71.7 Å². The van der Waals surface area contributed by atoms with E-state index in [1.807, 2.05) is 0 Å². The largest absolute Gasteiger partial charge is 0.488 e. The van der Waals surface area contributed by atoms with Crippen LogP contribution in [-0.4, -0.2) is 44.8 Å². The van der Waals surface area contributed by atoms with Gasteiger partial charge in [-0.25, -0.2) is 12.8 Å². The van der Waals surface area contributed by atoms with Crippen LogP contribution in [0.1, 0.15) is 45.8 Å². The van der Waals surface area contributed by atoms with Crippen molar-refractivity contribution in [3.63, 3.8) is 0 Å². The topological polar surface area (TPSA) is 120 Å². The lowest BCUT2D eigenvalue weighted by molar-refractivity contribution is -0.138. The Morgan fingerprint density at radius 2 is 1.76 bits per heavy atom. The third-order valence-corrected chi connectivity index (χ3v) is 8.26. The van der Waals surface area contributed by atoms with Gasteiger partial charge in [-0.2, -0.15) is 13.2 Å². The molecule has 4 aromatic rings. The Balaban J connectivity index is 1.72. The number of fused-ring (bicyclic) bond motifs is 1. The third kappa shape index (κ3) is 5.74. The first-order chi connectivity index (χ1) is 19.7. The van der Waals surface area contributed by atoms with Gasteiger partial charge in [-0.15, -0.1) is 0 Å². The van der Waals surface area contributed by atoms with Gasteiger partial charge in [0.2, 0.25) is 10.0 Å². The van der Waals surface area contributed by atoms with Crippen molar-refractivity contribution in [2.75, 3.05) is 17.6 Å². The molecule has 0 spiro atoms. The molecule has 1 fully saturated rings. The summed E-state index contributed by atoms with van der Waals surface area (Å²) < 4.78 is 88.7. The second-order valence-corrected chi connectivity index (χ2v) is 12.0. The van der Waals surface area contributed by atoms with Gasteiger partial charge in [0.15, 0.2) is 0 Å². The minimum Gasteiger partial charge on any atom is -0.455 e. The summed E-state index contributed by atoms with van der Waals surface area (Å²) in [7, 11) is -4.91. The Morgan fingerprint density at radius 3 is 2.31 bits per heavy atom. The molecule has 42 heavy (non-hydrogen) atoms. The zero-order chi connectivity index (χ0) is 30.6. The number of hydrogen-bond acceptors (Lipinski definition) is 6. The Labute approximate surface area is 238 Å². The van der Waals surface area contributed by atoms with Crippen LogP contribution in [0.15, 0.2) is 59.0 Å². The number of nitrogens with zero attached hydrogens (tertiary/aromatic N) is 1. The molecule has 220 valence electrons. The average molecular weight is 604 g/mol. The van der Waals surface area contributed by atoms with Gasteiger partial charge in [-0.3, -0.25) is 9.10 Å². The molecular weight excluding hydrogens is 579 g/mol. The first-order valence-corrected chi connectivity index (χ1v) is 14.7. The molecule has 0 saturated heterocycles. The molecule has 14 heteroatoms. The fourth-order valence-electron chi connectivity index (χ4n) is 4.93. The van der Waals surface area contributed by atoms with Crippen molar-refractivity contribution in [3.8, 4) is 11.3 Å². The Hall–Kier alpha value is -3.88. The summed E-state index contributed by atoms with van der Waals surface area (Å²) in [5, 5.41) is 21.7. The standard InChI is InChI=1S/C28H25BF4N2O6S/c1-34-27(36)25-21-12-20(15-3-4-15)23(13-24(21)41-26(25)16-6-9-19(30)10-7-16)35(42(2,39)40)14-17-5-8-18(29(37)38)11-22(17)28(31,32)33/h5-13,15,37-38H,3-4,14H2,1-2H3,(H,34,36). The van der Waals surface area contributed by atoms with Crippen LogP contribution in [0.4, 0.5) is 23.2 Å². The van der Waals surface area contributed by atoms with E-state index in [0.29, 0.717) is 35.4 Å². The monoisotopic (exact) mass is 604 g/mol. The van der Waals surface area contributed by atoms with Gasteiger partial charge in [-0.1, -0.05) is 12.1 Å². The average Bonchev–Trinajstić information content (AvgIpc) is 3.70. The van der Waals surface area contributed by atoms with Crippen molar-refractivity contribution in [2.24, 2.45) is 0 Å². The number of rotatable bonds is 8. The molecule has 1 aromatic heterocycles. The van der Waals surface area contributed by atoms with Gasteiger partial charge in [0.25, 0.3) is 5.91 Å². The molecule has 5 rings (SSSR count). The van der Waals surface area contributed by atoms with E-state index in [1.54, 1.807) is 6.07 Å². The van der Waals surface area contributed by atoms with E-state index in [-0.39, 0.29) is 28.5 Å². The summed E-state index contributed by atoms with van der Waals surface area (Å²) in [4.78, 5) is 13.0. The van der Waals surface area contributed by atoms with Crippen molar-refractivity contribution >= 4 is 45.2 Å². The minimum atomic E-state index is -4.92. The molecule has 3 aromatic carbocycles. The van der Waals surface area contributed by atoms with Crippen molar-refractivity contribution in [3.05, 3.63) is 82.7 Å². The van der Waals surface area contributed by atoms with E-state index in [2.05, 4.69) is 5.32 Å². The number of amides is 1. The molecule has 0 aliphatic heterocycles. The van der Waals surface area contributed by atoms with E-state index < -0.39 is 58.2 Å². The minimum absolute atomic E-state index is 0.0924. The maximum absolute atomic E-state index is 14.0. The van der Waals surface area contributed by atoms with Crippen LogP contribution < -0.4 is 15.1 Å². The second kappa shape index (κ2) is 10.8. The number of carbonyl (C=O) groups excluding carboxylic acids is 1. The highest BCUT2D eigenvalue weighted by molar-refractivity contribution is 7.92. The van der Waals surface area contributed by atoms with Gasteiger partial charge in [0.05, 0.1) is 29.6 Å². The first kappa shape index (κ1) is 29.6. The normalized spacial score (nSPS) is 13.8. The Bertz CT molecular complexity index is 1780. The molecule has 1 aliphatic rings. The molecule has 1 saturated carbocycles. The van der Waals surface area contributed by atoms with Gasteiger partial charge in [0, 0.05) is 24.1 Å². The third-order valence-electron chi connectivity index (χ3n) is 7.14. The van der Waals surface area contributed by atoms with E-state index >= 15 is 0 Å². The number of carbonyl (C=O) groups is 1. The van der Waals surface area contributed by atoms with Crippen molar-refractivity contribution in [2.45, 2.75) is 31.5 Å². The van der Waals surface area contributed by atoms with Crippen LogP contribution in [0.5, 0.6) is 0 Å². The first-order valence-electron chi connectivity index (χ1n) is 12.8. The highest BCUT2D eigenvalue weighted by atomic mass is 32.2. The zero-order valence-electron chi connectivity index (χ0n) is 22.4. The van der Waals surface area contributed by atoms with E-state index in [1.165, 1.54) is 37.4 Å². The number of furan rings is 1. The Kier molecular flexibility index (Phi) is 7.58. The summed E-state index contributed by atoms with van der Waals surface area (Å²) >= 11 is 0. The lowest BCUT2D eigenvalue weighted by Crippen LogP contribution is -2.34. The molecule has 8 nitrogen and oxygen atoms in total. The maximum Gasteiger partial charge on any atom is 0.488 e. The molecule has 0 unspecified atom stereocenters. The molecule has 3 N–H and O–H groups in total. The predicted octanol–water partition coefficient (Wildman–Crippen LogP) is 4.14. The van der Waals surface area contributed by atoms with Crippen molar-refractivity contribution in [1.82, 2.24) is 5.32 Å². The van der Waals surface area contributed by atoms with Crippen LogP contribution in [0.2, 0.25) is 0 Å². The van der Waals surface area contributed by atoms with E-state index in [0.717, 1.165) is 22.7 Å². The van der Waals surface area contributed by atoms with Gasteiger partial charge < -0.3 is 19.8 Å². The SMILES string of the molecule is CNC(=O)c1c(-c2ccc(F)cc2)oc2cc(N(Cc3ccc(B(O)O)cc3C(F)(F)F)S(C)(=O)=O)c(C3CC3)cc12. The summed E-state index contributed by atoms with van der Waals surface area (Å²) in [5.41, 5.74) is -0.766. The molecule has 0 atom stereocenters. The maximum atomic E-state index is 14.0. The summed E-state index contributed by atoms with van der Waals surface area (Å²) in [6.07, 6.45) is -2.65. The van der Waals surface area contributed by atoms with E-state index in [4.69, 9.17) is 4.42 Å². The molecule has 0 bridgehead atoms. The number of halogens is 4. The molecule has 1 heterocycles. The zero-order valence-corrected chi connectivity index (χ0v) is 23.2. The molecule has 0 radical (unpaired) electrons. The fraction of sp³-hybridized carbons (Fsp3) is 0.250. The number of nitrogens with one attached hydrogen (secondary N) is 1. The lowest BCUT2D eigenvalue weighted by atomic mass is 9.78.